The van der Waals surface area contributed by atoms with E-state index in [0.717, 1.165) is 84.0 Å². The summed E-state index contributed by atoms with van der Waals surface area (Å²) in [6.07, 6.45) is 0. The number of para-hydroxylation sites is 6. The minimum atomic E-state index is 0.641. The molecule has 18 aromatic rings. The summed E-state index contributed by atoms with van der Waals surface area (Å²) in [6, 6.07) is 114. The lowest BCUT2D eigenvalue weighted by Gasteiger charge is -2.16. The second-order valence-electron chi connectivity index (χ2n) is 22.9. The van der Waals surface area contributed by atoms with Crippen molar-refractivity contribution in [3.8, 4) is 78.9 Å². The Labute approximate surface area is 507 Å². The monoisotopic (exact) mass is 1120 g/mol. The van der Waals surface area contributed by atoms with Crippen molar-refractivity contribution in [3.63, 3.8) is 0 Å². The van der Waals surface area contributed by atoms with Crippen LogP contribution in [0.3, 0.4) is 0 Å². The number of aromatic nitrogens is 6. The standard InChI is InChI=1S/C82H52N6/c1-5-21-53(22-6-1)72-52-73(54-23-7-2-8-24-54)84-82(83-72)59-45-62(87-76-35-19-15-31-66(76)70-49-57(39-43-80(70)87)55-37-41-78-68(47-55)64-29-13-17-33-74(64)85(78)60-25-9-3-10-26-60)51-63(46-59)88-77-36-20-16-32-67(77)71-50-58(40-44-81(71)88)56-38-42-79-69(48-56)65-30-14-18-34-75(65)86(79)61-27-11-4-12-28-61/h1-52H. The third-order valence-electron chi connectivity index (χ3n) is 17.9. The first-order valence-electron chi connectivity index (χ1n) is 30.0. The Morgan fingerprint density at radius 1 is 0.170 bits per heavy atom. The first-order valence-corrected chi connectivity index (χ1v) is 30.0. The Morgan fingerprint density at radius 2 is 0.443 bits per heavy atom. The van der Waals surface area contributed by atoms with Gasteiger partial charge in [0.2, 0.25) is 0 Å². The highest BCUT2D eigenvalue weighted by atomic mass is 15.0. The van der Waals surface area contributed by atoms with Gasteiger partial charge in [-0.25, -0.2) is 9.97 Å². The Balaban J connectivity index is 0.842. The minimum Gasteiger partial charge on any atom is -0.309 e. The number of hydrogen-bond donors (Lipinski definition) is 0. The minimum absolute atomic E-state index is 0.641. The van der Waals surface area contributed by atoms with Gasteiger partial charge in [-0.15, -0.1) is 0 Å². The van der Waals surface area contributed by atoms with Gasteiger partial charge in [-0.05, 0) is 144 Å². The van der Waals surface area contributed by atoms with Gasteiger partial charge in [0.05, 0.1) is 55.5 Å². The molecule has 0 aliphatic rings. The van der Waals surface area contributed by atoms with E-state index >= 15 is 0 Å². The molecule has 0 N–H and O–H groups in total. The molecule has 0 amide bonds. The summed E-state index contributed by atoms with van der Waals surface area (Å²) in [5.74, 6) is 0.641. The number of fused-ring (bicyclic) bond motifs is 12. The summed E-state index contributed by atoms with van der Waals surface area (Å²) >= 11 is 0. The van der Waals surface area contributed by atoms with E-state index in [9.17, 15) is 0 Å². The molecule has 0 radical (unpaired) electrons. The molecule has 5 aromatic heterocycles. The maximum atomic E-state index is 5.47. The first kappa shape index (κ1) is 49.6. The van der Waals surface area contributed by atoms with Gasteiger partial charge in [0.25, 0.3) is 0 Å². The zero-order chi connectivity index (χ0) is 57.8. The van der Waals surface area contributed by atoms with Crippen LogP contribution >= 0.6 is 0 Å². The Bertz CT molecular complexity index is 5440. The highest BCUT2D eigenvalue weighted by Crippen LogP contribution is 2.43. The number of hydrogen-bond acceptors (Lipinski definition) is 2. The molecular formula is C82H52N6. The van der Waals surface area contributed by atoms with E-state index in [0.29, 0.717) is 5.82 Å². The fraction of sp³-hybridized carbons (Fsp3) is 0. The van der Waals surface area contributed by atoms with Crippen molar-refractivity contribution < 1.29 is 0 Å². The second kappa shape index (κ2) is 19.9. The van der Waals surface area contributed by atoms with Crippen molar-refractivity contribution in [1.82, 2.24) is 28.2 Å². The molecule has 0 fully saturated rings. The summed E-state index contributed by atoms with van der Waals surface area (Å²) in [4.78, 5) is 10.9. The zero-order valence-corrected chi connectivity index (χ0v) is 47.7. The predicted molar refractivity (Wildman–Crippen MR) is 367 cm³/mol. The van der Waals surface area contributed by atoms with Crippen LogP contribution in [0.25, 0.3) is 166 Å². The first-order chi connectivity index (χ1) is 43.6. The molecule has 6 heteroatoms. The van der Waals surface area contributed by atoms with Gasteiger partial charge in [0.1, 0.15) is 0 Å². The van der Waals surface area contributed by atoms with Crippen LogP contribution in [0, 0.1) is 0 Å². The quantitative estimate of drug-likeness (QED) is 0.145. The van der Waals surface area contributed by atoms with E-state index in [1.54, 1.807) is 0 Å². The maximum Gasteiger partial charge on any atom is 0.160 e. The molecule has 0 saturated heterocycles. The number of benzene rings is 13. The van der Waals surface area contributed by atoms with E-state index in [1.807, 2.05) is 0 Å². The van der Waals surface area contributed by atoms with Crippen LogP contribution in [-0.4, -0.2) is 28.2 Å². The van der Waals surface area contributed by atoms with Gasteiger partial charge >= 0.3 is 0 Å². The van der Waals surface area contributed by atoms with E-state index in [2.05, 4.69) is 334 Å². The molecule has 6 nitrogen and oxygen atoms in total. The van der Waals surface area contributed by atoms with Gasteiger partial charge < -0.3 is 18.3 Å². The lowest BCUT2D eigenvalue weighted by atomic mass is 10.0. The van der Waals surface area contributed by atoms with Crippen LogP contribution in [0.1, 0.15) is 0 Å². The normalized spacial score (nSPS) is 11.9. The third kappa shape index (κ3) is 7.89. The molecule has 13 aromatic carbocycles. The molecule has 0 atom stereocenters. The van der Waals surface area contributed by atoms with Crippen LogP contribution in [0.5, 0.6) is 0 Å². The molecule has 88 heavy (non-hydrogen) atoms. The van der Waals surface area contributed by atoms with Crippen molar-refractivity contribution in [2.45, 2.75) is 0 Å². The van der Waals surface area contributed by atoms with E-state index < -0.39 is 0 Å². The molecule has 0 aliphatic carbocycles. The van der Waals surface area contributed by atoms with Gasteiger partial charge in [-0.1, -0.05) is 194 Å². The van der Waals surface area contributed by atoms with Gasteiger partial charge in [0.15, 0.2) is 5.82 Å². The Morgan fingerprint density at radius 3 is 0.773 bits per heavy atom. The number of rotatable bonds is 9. The average Bonchev–Trinajstić information content (AvgIpc) is 1.88. The fourth-order valence-corrected chi connectivity index (χ4v) is 13.9. The highest BCUT2D eigenvalue weighted by Gasteiger charge is 2.22. The molecule has 0 aliphatic heterocycles. The van der Waals surface area contributed by atoms with Crippen LogP contribution in [0.15, 0.2) is 315 Å². The topological polar surface area (TPSA) is 45.5 Å². The Hall–Kier alpha value is -11.9. The lowest BCUT2D eigenvalue weighted by Crippen LogP contribution is -2.02. The summed E-state index contributed by atoms with van der Waals surface area (Å²) in [6.45, 7) is 0. The van der Waals surface area contributed by atoms with Crippen molar-refractivity contribution in [1.29, 1.82) is 0 Å². The predicted octanol–water partition coefficient (Wildman–Crippen LogP) is 21.2. The van der Waals surface area contributed by atoms with Crippen molar-refractivity contribution in [3.05, 3.63) is 315 Å². The summed E-state index contributed by atoms with van der Waals surface area (Å²) in [7, 11) is 0. The van der Waals surface area contributed by atoms with E-state index in [-0.39, 0.29) is 0 Å². The summed E-state index contributed by atoms with van der Waals surface area (Å²) in [5, 5.41) is 9.61. The average molecular weight is 1120 g/mol. The van der Waals surface area contributed by atoms with Crippen LogP contribution < -0.4 is 0 Å². The molecule has 0 saturated carbocycles. The molecule has 5 heterocycles. The fourth-order valence-electron chi connectivity index (χ4n) is 13.9. The van der Waals surface area contributed by atoms with Gasteiger partial charge in [0, 0.05) is 82.5 Å². The third-order valence-corrected chi connectivity index (χ3v) is 17.9. The van der Waals surface area contributed by atoms with Crippen molar-refractivity contribution >= 4 is 87.2 Å². The lowest BCUT2D eigenvalue weighted by molar-refractivity contribution is 1.12. The van der Waals surface area contributed by atoms with E-state index in [1.165, 1.54) is 76.3 Å². The van der Waals surface area contributed by atoms with Crippen LogP contribution in [0.2, 0.25) is 0 Å². The van der Waals surface area contributed by atoms with Crippen LogP contribution in [-0.2, 0) is 0 Å². The maximum absolute atomic E-state index is 5.47. The highest BCUT2D eigenvalue weighted by molar-refractivity contribution is 6.15. The van der Waals surface area contributed by atoms with Gasteiger partial charge in [-0.2, -0.15) is 0 Å². The summed E-state index contributed by atoms with van der Waals surface area (Å²) in [5.41, 5.74) is 22.8. The molecule has 0 unspecified atom stereocenters. The second-order valence-corrected chi connectivity index (χ2v) is 22.9. The molecule has 410 valence electrons. The van der Waals surface area contributed by atoms with Crippen molar-refractivity contribution in [2.75, 3.05) is 0 Å². The molecule has 0 bridgehead atoms. The largest absolute Gasteiger partial charge is 0.309 e. The Kier molecular flexibility index (Phi) is 11.2. The molecule has 18 rings (SSSR count). The zero-order valence-electron chi connectivity index (χ0n) is 47.7. The summed E-state index contributed by atoms with van der Waals surface area (Å²) < 4.78 is 9.63. The molecular weight excluding hydrogens is 1070 g/mol. The number of nitrogens with zero attached hydrogens (tertiary/aromatic N) is 6. The van der Waals surface area contributed by atoms with Gasteiger partial charge in [-0.3, -0.25) is 0 Å². The van der Waals surface area contributed by atoms with E-state index in [4.69, 9.17) is 9.97 Å². The smallest absolute Gasteiger partial charge is 0.160 e. The SMILES string of the molecule is c1ccc(-c2cc(-c3ccccc3)nc(-c3cc(-n4c5ccccc5c5cc(-c6ccc7c(c6)c6ccccc6n7-c6ccccc6)ccc54)cc(-n4c5ccccc5c5cc(-c6ccc7c(c6)c6ccccc6n7-c6ccccc6)ccc54)c3)n2)cc1. The van der Waals surface area contributed by atoms with Crippen molar-refractivity contribution in [2.24, 2.45) is 0 Å². The molecule has 0 spiro atoms. The van der Waals surface area contributed by atoms with Crippen LogP contribution in [0.4, 0.5) is 0 Å².